The summed E-state index contributed by atoms with van der Waals surface area (Å²) >= 11 is 1.53. The minimum atomic E-state index is -0.870. The molecule has 8 heteroatoms. The van der Waals surface area contributed by atoms with Gasteiger partial charge in [0.15, 0.2) is 0 Å². The molecule has 0 radical (unpaired) electrons. The third-order valence-electron chi connectivity index (χ3n) is 4.82. The van der Waals surface area contributed by atoms with Crippen molar-refractivity contribution in [2.75, 3.05) is 5.32 Å². The van der Waals surface area contributed by atoms with E-state index in [0.29, 0.717) is 16.1 Å². The summed E-state index contributed by atoms with van der Waals surface area (Å²) in [4.78, 5) is 31.3. The topological polar surface area (TPSA) is 64.0 Å². The van der Waals surface area contributed by atoms with Crippen LogP contribution in [0.25, 0.3) is 10.2 Å². The van der Waals surface area contributed by atoms with Crippen molar-refractivity contribution in [3.05, 3.63) is 57.0 Å². The van der Waals surface area contributed by atoms with E-state index in [2.05, 4.69) is 17.2 Å². The van der Waals surface area contributed by atoms with Crippen molar-refractivity contribution >= 4 is 33.1 Å². The summed E-state index contributed by atoms with van der Waals surface area (Å²) < 4.78 is 28.5. The number of carbonyl (C=O) groups excluding carboxylic acids is 1. The minimum absolute atomic E-state index is 0.295. The molecule has 0 aliphatic heterocycles. The first kappa shape index (κ1) is 17.8. The van der Waals surface area contributed by atoms with E-state index in [1.165, 1.54) is 33.2 Å². The van der Waals surface area contributed by atoms with E-state index in [9.17, 15) is 18.4 Å². The largest absolute Gasteiger partial charge is 0.320 e. The van der Waals surface area contributed by atoms with Gasteiger partial charge >= 0.3 is 0 Å². The summed E-state index contributed by atoms with van der Waals surface area (Å²) in [6.07, 6.45) is 4.08. The fraction of sp³-hybridized carbons (Fsp3) is 0.316. The van der Waals surface area contributed by atoms with E-state index in [-0.39, 0.29) is 12.1 Å². The molecule has 0 saturated heterocycles. The van der Waals surface area contributed by atoms with Gasteiger partial charge in [0.25, 0.3) is 5.56 Å². The van der Waals surface area contributed by atoms with Crippen molar-refractivity contribution < 1.29 is 13.6 Å². The van der Waals surface area contributed by atoms with Gasteiger partial charge in [-0.25, -0.2) is 13.8 Å². The summed E-state index contributed by atoms with van der Waals surface area (Å²) in [5, 5.41) is 2.75. The number of halogens is 2. The molecule has 0 fully saturated rings. The quantitative estimate of drug-likeness (QED) is 0.746. The van der Waals surface area contributed by atoms with Crippen LogP contribution in [0.15, 0.2) is 29.3 Å². The lowest BCUT2D eigenvalue weighted by atomic mass is 9.89. The highest BCUT2D eigenvalue weighted by Crippen LogP contribution is 2.35. The second kappa shape index (κ2) is 6.84. The Labute approximate surface area is 157 Å². The summed E-state index contributed by atoms with van der Waals surface area (Å²) in [6, 6.07) is 3.32. The number of benzene rings is 1. The van der Waals surface area contributed by atoms with Gasteiger partial charge in [-0.2, -0.15) is 0 Å². The smallest absolute Gasteiger partial charge is 0.262 e. The minimum Gasteiger partial charge on any atom is -0.320 e. The molecular formula is C19H17F2N3O2S. The van der Waals surface area contributed by atoms with E-state index in [0.717, 1.165) is 37.0 Å². The zero-order valence-electron chi connectivity index (χ0n) is 14.6. The molecule has 0 bridgehead atoms. The fourth-order valence-electron chi connectivity index (χ4n) is 3.43. The molecule has 140 valence electrons. The lowest BCUT2D eigenvalue weighted by Crippen LogP contribution is -2.28. The number of thiophene rings is 1. The predicted molar refractivity (Wildman–Crippen MR) is 100 cm³/mol. The van der Waals surface area contributed by atoms with E-state index in [1.807, 2.05) is 0 Å². The molecule has 5 nitrogen and oxygen atoms in total. The van der Waals surface area contributed by atoms with Gasteiger partial charge in [0.1, 0.15) is 28.7 Å². The number of nitrogens with zero attached hydrogens (tertiary/aromatic N) is 2. The number of aromatic nitrogens is 2. The Kier molecular flexibility index (Phi) is 4.51. The number of rotatable bonds is 3. The monoisotopic (exact) mass is 389 g/mol. The Bertz CT molecular complexity index is 1090. The third kappa shape index (κ3) is 3.25. The number of fused-ring (bicyclic) bond motifs is 3. The van der Waals surface area contributed by atoms with Crippen LogP contribution in [-0.4, -0.2) is 15.5 Å². The van der Waals surface area contributed by atoms with Crippen molar-refractivity contribution in [1.29, 1.82) is 0 Å². The second-order valence-electron chi connectivity index (χ2n) is 6.85. The third-order valence-corrected chi connectivity index (χ3v) is 5.99. The normalized spacial score (nSPS) is 16.3. The van der Waals surface area contributed by atoms with Gasteiger partial charge in [0.2, 0.25) is 5.91 Å². The molecule has 1 aromatic carbocycles. The van der Waals surface area contributed by atoms with Crippen molar-refractivity contribution in [3.63, 3.8) is 0 Å². The van der Waals surface area contributed by atoms with Gasteiger partial charge in [-0.1, -0.05) is 13.0 Å². The van der Waals surface area contributed by atoms with Crippen molar-refractivity contribution in [2.45, 2.75) is 32.7 Å². The molecule has 0 unspecified atom stereocenters. The molecule has 1 aliphatic carbocycles. The number of para-hydroxylation sites is 1. The first-order chi connectivity index (χ1) is 12.9. The number of anilines is 1. The Balaban J connectivity index is 1.64. The number of hydrogen-bond donors (Lipinski definition) is 1. The van der Waals surface area contributed by atoms with E-state index >= 15 is 0 Å². The Morgan fingerprint density at radius 3 is 2.85 bits per heavy atom. The number of nitrogens with one attached hydrogen (secondary N) is 1. The van der Waals surface area contributed by atoms with Gasteiger partial charge in [0, 0.05) is 4.88 Å². The van der Waals surface area contributed by atoms with Crippen LogP contribution < -0.4 is 10.9 Å². The lowest BCUT2D eigenvalue weighted by Gasteiger charge is -2.17. The van der Waals surface area contributed by atoms with Crippen molar-refractivity contribution in [2.24, 2.45) is 5.92 Å². The van der Waals surface area contributed by atoms with Gasteiger partial charge in [-0.05, 0) is 42.9 Å². The molecule has 4 rings (SSSR count). The van der Waals surface area contributed by atoms with Crippen molar-refractivity contribution in [3.8, 4) is 0 Å². The van der Waals surface area contributed by atoms with Crippen LogP contribution in [0.1, 0.15) is 23.8 Å². The molecule has 1 amide bonds. The van der Waals surface area contributed by atoms with Gasteiger partial charge in [0.05, 0.1) is 11.7 Å². The van der Waals surface area contributed by atoms with Crippen LogP contribution in [0.2, 0.25) is 0 Å². The zero-order chi connectivity index (χ0) is 19.1. The van der Waals surface area contributed by atoms with E-state index in [1.54, 1.807) is 0 Å². The highest BCUT2D eigenvalue weighted by molar-refractivity contribution is 7.18. The summed E-state index contributed by atoms with van der Waals surface area (Å²) in [5.74, 6) is -1.86. The standard InChI is InChI=1S/C19H17F2N3O2S/c1-10-5-6-11-14(7-10)27-18-16(11)19(26)24(9-22-18)8-15(25)23-17-12(20)3-2-4-13(17)21/h2-4,9-10H,5-8H2,1H3,(H,23,25)/t10-/m1/s1. The maximum Gasteiger partial charge on any atom is 0.262 e. The molecule has 27 heavy (non-hydrogen) atoms. The SMILES string of the molecule is C[C@@H]1CCc2c(sc3ncn(CC(=O)Nc4c(F)cccc4F)c(=O)c23)C1. The first-order valence-corrected chi connectivity index (χ1v) is 9.49. The molecular weight excluding hydrogens is 372 g/mol. The van der Waals surface area contributed by atoms with Crippen LogP contribution in [0.4, 0.5) is 14.5 Å². The van der Waals surface area contributed by atoms with Crippen LogP contribution in [0.5, 0.6) is 0 Å². The van der Waals surface area contributed by atoms with Crippen LogP contribution in [-0.2, 0) is 24.2 Å². The Morgan fingerprint density at radius 2 is 2.11 bits per heavy atom. The predicted octanol–water partition coefficient (Wildman–Crippen LogP) is 3.50. The number of hydrogen-bond acceptors (Lipinski definition) is 4. The molecule has 2 aromatic heterocycles. The van der Waals surface area contributed by atoms with Crippen LogP contribution in [0, 0.1) is 17.6 Å². The molecule has 1 aliphatic rings. The Morgan fingerprint density at radius 1 is 1.37 bits per heavy atom. The fourth-order valence-corrected chi connectivity index (χ4v) is 4.77. The number of amides is 1. The van der Waals surface area contributed by atoms with Gasteiger partial charge < -0.3 is 5.32 Å². The Hall–Kier alpha value is -2.61. The summed E-state index contributed by atoms with van der Waals surface area (Å²) in [6.45, 7) is 1.82. The number of aryl methyl sites for hydroxylation is 1. The summed E-state index contributed by atoms with van der Waals surface area (Å²) in [7, 11) is 0. The molecule has 3 aromatic rings. The first-order valence-electron chi connectivity index (χ1n) is 8.67. The van der Waals surface area contributed by atoms with E-state index < -0.39 is 23.2 Å². The van der Waals surface area contributed by atoms with Crippen LogP contribution in [0.3, 0.4) is 0 Å². The molecule has 0 saturated carbocycles. The van der Waals surface area contributed by atoms with E-state index in [4.69, 9.17) is 0 Å². The second-order valence-corrected chi connectivity index (χ2v) is 7.94. The van der Waals surface area contributed by atoms with Crippen LogP contribution >= 0.6 is 11.3 Å². The zero-order valence-corrected chi connectivity index (χ0v) is 15.4. The average Bonchev–Trinajstić information content (AvgIpc) is 2.99. The number of carbonyl (C=O) groups is 1. The molecule has 1 atom stereocenters. The molecule has 1 N–H and O–H groups in total. The lowest BCUT2D eigenvalue weighted by molar-refractivity contribution is -0.116. The highest BCUT2D eigenvalue weighted by atomic mass is 32.1. The van der Waals surface area contributed by atoms with Gasteiger partial charge in [-0.15, -0.1) is 11.3 Å². The maximum atomic E-state index is 13.7. The van der Waals surface area contributed by atoms with Gasteiger partial charge in [-0.3, -0.25) is 14.2 Å². The highest BCUT2D eigenvalue weighted by Gasteiger charge is 2.23. The maximum absolute atomic E-state index is 13.7. The summed E-state index contributed by atoms with van der Waals surface area (Å²) in [5.41, 5.74) is 0.211. The average molecular weight is 389 g/mol. The molecule has 0 spiro atoms. The van der Waals surface area contributed by atoms with Crippen molar-refractivity contribution in [1.82, 2.24) is 9.55 Å². The molecule has 2 heterocycles.